The van der Waals surface area contributed by atoms with Gasteiger partial charge in [-0.15, -0.1) is 11.3 Å². The number of furan rings is 1. The van der Waals surface area contributed by atoms with Gasteiger partial charge in [-0.1, -0.05) is 51.1 Å². The van der Waals surface area contributed by atoms with Crippen LogP contribution in [0.3, 0.4) is 0 Å². The van der Waals surface area contributed by atoms with E-state index in [-0.39, 0.29) is 5.82 Å². The Morgan fingerprint density at radius 1 is 0.868 bits per heavy atom. The fraction of sp³-hybridized carbons (Fsp3) is 0.206. The van der Waals surface area contributed by atoms with Crippen LogP contribution in [0.1, 0.15) is 48.9 Å². The van der Waals surface area contributed by atoms with Crippen LogP contribution in [0.15, 0.2) is 65.1 Å². The normalized spacial score (nSPS) is 12.3. The quantitative estimate of drug-likeness (QED) is 0.233. The molecule has 0 saturated heterocycles. The number of aryl methyl sites for hydroxylation is 3. The van der Waals surface area contributed by atoms with Gasteiger partial charge >= 0.3 is 0 Å². The topological polar surface area (TPSA) is 26.0 Å². The second-order valence-electron chi connectivity index (χ2n) is 10.7. The molecule has 7 rings (SSSR count). The summed E-state index contributed by atoms with van der Waals surface area (Å²) in [6.45, 7) is 10.6. The molecule has 0 aliphatic heterocycles. The molecule has 0 spiro atoms. The Labute approximate surface area is 224 Å². The first-order valence-electron chi connectivity index (χ1n) is 13.2. The molecular formula is C34H28FNOS. The summed E-state index contributed by atoms with van der Waals surface area (Å²) in [5, 5.41) is 5.24. The van der Waals surface area contributed by atoms with Crippen molar-refractivity contribution >= 4 is 64.4 Å². The molecule has 0 unspecified atom stereocenters. The maximum absolute atomic E-state index is 14.8. The fourth-order valence-corrected chi connectivity index (χ4v) is 7.22. The summed E-state index contributed by atoms with van der Waals surface area (Å²) >= 11 is 1.88. The molecule has 0 bridgehead atoms. The summed E-state index contributed by atoms with van der Waals surface area (Å²) in [7, 11) is 0. The monoisotopic (exact) mass is 517 g/mol. The van der Waals surface area contributed by atoms with Gasteiger partial charge in [0.1, 0.15) is 17.1 Å². The third-order valence-electron chi connectivity index (χ3n) is 7.87. The van der Waals surface area contributed by atoms with Crippen LogP contribution in [0.25, 0.3) is 64.3 Å². The molecule has 0 amide bonds. The molecule has 188 valence electrons. The van der Waals surface area contributed by atoms with Crippen molar-refractivity contribution in [3.63, 3.8) is 0 Å². The number of thiophene rings is 1. The van der Waals surface area contributed by atoms with Crippen molar-refractivity contribution < 1.29 is 8.81 Å². The van der Waals surface area contributed by atoms with Crippen LogP contribution in [0.2, 0.25) is 0 Å². The Bertz CT molecular complexity index is 2080. The van der Waals surface area contributed by atoms with Crippen molar-refractivity contribution in [2.75, 3.05) is 0 Å². The molecule has 0 atom stereocenters. The Hall–Kier alpha value is -3.76. The third-order valence-corrected chi connectivity index (χ3v) is 9.27. The molecule has 3 heterocycles. The summed E-state index contributed by atoms with van der Waals surface area (Å²) < 4.78 is 23.9. The van der Waals surface area contributed by atoms with Crippen LogP contribution in [-0.4, -0.2) is 4.98 Å². The lowest BCUT2D eigenvalue weighted by Gasteiger charge is -2.09. The maximum atomic E-state index is 14.8. The molecule has 0 radical (unpaired) electrons. The van der Waals surface area contributed by atoms with Crippen molar-refractivity contribution in [1.29, 1.82) is 0 Å². The van der Waals surface area contributed by atoms with Crippen LogP contribution >= 0.6 is 11.3 Å². The smallest absolute Gasteiger partial charge is 0.162 e. The second kappa shape index (κ2) is 8.37. The number of halogens is 1. The van der Waals surface area contributed by atoms with E-state index in [1.54, 1.807) is 19.1 Å². The van der Waals surface area contributed by atoms with Gasteiger partial charge in [-0.25, -0.2) is 9.37 Å². The number of pyridine rings is 1. The van der Waals surface area contributed by atoms with Gasteiger partial charge in [0.05, 0.1) is 5.52 Å². The largest absolute Gasteiger partial charge is 0.454 e. The van der Waals surface area contributed by atoms with E-state index >= 15 is 0 Å². The SMILES string of the molecule is CCc1ccc2c(c1)nc(-c1cc(C)c3sc4c(C(C)C)cccc4c3c1)c1oc3cc(C)c(F)cc3c12. The minimum Gasteiger partial charge on any atom is -0.454 e. The number of fused-ring (bicyclic) bond motifs is 8. The molecule has 2 nitrogen and oxygen atoms in total. The number of benzene rings is 4. The highest BCUT2D eigenvalue weighted by Gasteiger charge is 2.21. The minimum absolute atomic E-state index is 0.222. The highest BCUT2D eigenvalue weighted by molar-refractivity contribution is 7.26. The first kappa shape index (κ1) is 23.4. The first-order chi connectivity index (χ1) is 18.3. The summed E-state index contributed by atoms with van der Waals surface area (Å²) in [5.41, 5.74) is 8.55. The zero-order valence-electron chi connectivity index (χ0n) is 22.2. The van der Waals surface area contributed by atoms with Gasteiger partial charge in [0, 0.05) is 41.9 Å². The molecule has 4 heteroatoms. The Balaban J connectivity index is 1.61. The van der Waals surface area contributed by atoms with Gasteiger partial charge in [-0.3, -0.25) is 0 Å². The average molecular weight is 518 g/mol. The minimum atomic E-state index is -0.222. The van der Waals surface area contributed by atoms with Gasteiger partial charge in [-0.05, 0) is 78.8 Å². The lowest BCUT2D eigenvalue weighted by atomic mass is 9.97. The summed E-state index contributed by atoms with van der Waals surface area (Å²) in [4.78, 5) is 5.20. The lowest BCUT2D eigenvalue weighted by molar-refractivity contribution is 0.617. The molecule has 4 aromatic carbocycles. The van der Waals surface area contributed by atoms with Crippen LogP contribution < -0.4 is 0 Å². The van der Waals surface area contributed by atoms with E-state index in [2.05, 4.69) is 76.2 Å². The third kappa shape index (κ3) is 3.33. The van der Waals surface area contributed by atoms with Gasteiger partial charge in [0.2, 0.25) is 0 Å². The van der Waals surface area contributed by atoms with E-state index in [4.69, 9.17) is 9.40 Å². The molecule has 0 N–H and O–H groups in total. The van der Waals surface area contributed by atoms with Crippen molar-refractivity contribution in [3.05, 3.63) is 88.7 Å². The van der Waals surface area contributed by atoms with Gasteiger partial charge in [0.15, 0.2) is 5.58 Å². The van der Waals surface area contributed by atoms with Gasteiger partial charge in [-0.2, -0.15) is 0 Å². The van der Waals surface area contributed by atoms with E-state index in [0.29, 0.717) is 22.6 Å². The highest BCUT2D eigenvalue weighted by Crippen LogP contribution is 2.44. The predicted molar refractivity (Wildman–Crippen MR) is 160 cm³/mol. The molecule has 0 saturated carbocycles. The van der Waals surface area contributed by atoms with Crippen LogP contribution in [0, 0.1) is 19.7 Å². The van der Waals surface area contributed by atoms with E-state index in [0.717, 1.165) is 39.4 Å². The average Bonchev–Trinajstić information content (AvgIpc) is 3.47. The predicted octanol–water partition coefficient (Wildman–Crippen LogP) is 10.6. The van der Waals surface area contributed by atoms with Crippen molar-refractivity contribution in [1.82, 2.24) is 4.98 Å². The Kier molecular flexibility index (Phi) is 5.15. The zero-order valence-corrected chi connectivity index (χ0v) is 23.0. The van der Waals surface area contributed by atoms with Crippen molar-refractivity contribution in [3.8, 4) is 11.3 Å². The second-order valence-corrected chi connectivity index (χ2v) is 11.7. The van der Waals surface area contributed by atoms with Crippen LogP contribution in [0.4, 0.5) is 4.39 Å². The van der Waals surface area contributed by atoms with Gasteiger partial charge < -0.3 is 4.42 Å². The number of rotatable bonds is 3. The first-order valence-corrected chi connectivity index (χ1v) is 14.1. The van der Waals surface area contributed by atoms with E-state index in [9.17, 15) is 4.39 Å². The number of hydrogen-bond acceptors (Lipinski definition) is 3. The van der Waals surface area contributed by atoms with Crippen LogP contribution in [0.5, 0.6) is 0 Å². The standard InChI is InChI=1S/C34H28FNOS/c1-6-20-10-11-24-28(14-20)36-31(32-30(24)26-16-27(35)18(4)13-29(26)37-32)21-12-19(5)33-25(15-21)23-9-7-8-22(17(2)3)34(23)38-33/h7-17H,6H2,1-5H3. The molecule has 0 aliphatic carbocycles. The fourth-order valence-electron chi connectivity index (χ4n) is 5.80. The summed E-state index contributed by atoms with van der Waals surface area (Å²) in [6, 6.07) is 20.9. The van der Waals surface area contributed by atoms with Crippen molar-refractivity contribution in [2.24, 2.45) is 0 Å². The molecule has 3 aromatic heterocycles. The van der Waals surface area contributed by atoms with E-state index < -0.39 is 0 Å². The van der Waals surface area contributed by atoms with Gasteiger partial charge in [0.25, 0.3) is 0 Å². The molecule has 0 fully saturated rings. The molecule has 38 heavy (non-hydrogen) atoms. The zero-order chi connectivity index (χ0) is 26.3. The highest BCUT2D eigenvalue weighted by atomic mass is 32.1. The van der Waals surface area contributed by atoms with E-state index in [1.807, 2.05) is 11.3 Å². The molecule has 7 aromatic rings. The summed E-state index contributed by atoms with van der Waals surface area (Å²) in [5.74, 6) is 0.236. The summed E-state index contributed by atoms with van der Waals surface area (Å²) in [6.07, 6.45) is 0.926. The van der Waals surface area contributed by atoms with Crippen molar-refractivity contribution in [2.45, 2.75) is 47.0 Å². The number of aromatic nitrogens is 1. The lowest BCUT2D eigenvalue weighted by Crippen LogP contribution is -1.91. The maximum Gasteiger partial charge on any atom is 0.162 e. The van der Waals surface area contributed by atoms with E-state index in [1.165, 1.54) is 36.9 Å². The number of hydrogen-bond donors (Lipinski definition) is 0. The Morgan fingerprint density at radius 2 is 1.71 bits per heavy atom. The number of nitrogens with zero attached hydrogens (tertiary/aromatic N) is 1. The Morgan fingerprint density at radius 3 is 2.50 bits per heavy atom. The van der Waals surface area contributed by atoms with Crippen LogP contribution in [-0.2, 0) is 6.42 Å². The molecular weight excluding hydrogens is 489 g/mol. The molecule has 0 aliphatic rings.